The van der Waals surface area contributed by atoms with Crippen molar-refractivity contribution in [1.29, 1.82) is 0 Å². The summed E-state index contributed by atoms with van der Waals surface area (Å²) in [6.07, 6.45) is -0.925. The number of ether oxygens (including phenoxy) is 2. The Labute approximate surface area is 99.7 Å². The first-order valence-corrected chi connectivity index (χ1v) is 5.02. The van der Waals surface area contributed by atoms with Crippen molar-refractivity contribution in [3.8, 4) is 0 Å². The van der Waals surface area contributed by atoms with E-state index in [4.69, 9.17) is 14.9 Å². The summed E-state index contributed by atoms with van der Waals surface area (Å²) >= 11 is 0. The zero-order valence-corrected chi connectivity index (χ0v) is 10.4. The van der Waals surface area contributed by atoms with Gasteiger partial charge in [-0.2, -0.15) is 0 Å². The van der Waals surface area contributed by atoms with Gasteiger partial charge < -0.3 is 25.0 Å². The minimum Gasteiger partial charge on any atom is -0.467 e. The van der Waals surface area contributed by atoms with Crippen LogP contribution in [0.3, 0.4) is 0 Å². The summed E-state index contributed by atoms with van der Waals surface area (Å²) in [5, 5.41) is 20.3. The van der Waals surface area contributed by atoms with Crippen LogP contribution in [0.1, 0.15) is 20.8 Å². The van der Waals surface area contributed by atoms with Gasteiger partial charge in [-0.3, -0.25) is 0 Å². The quantitative estimate of drug-likeness (QED) is 0.575. The van der Waals surface area contributed by atoms with Crippen molar-refractivity contribution in [2.75, 3.05) is 20.3 Å². The highest BCUT2D eigenvalue weighted by molar-refractivity contribution is 5.86. The van der Waals surface area contributed by atoms with Gasteiger partial charge >= 0.3 is 12.1 Å². The van der Waals surface area contributed by atoms with Gasteiger partial charge in [0.1, 0.15) is 5.60 Å². The summed E-state index contributed by atoms with van der Waals surface area (Å²) in [5.74, 6) is -0.951. The van der Waals surface area contributed by atoms with Crippen LogP contribution in [-0.4, -0.2) is 53.7 Å². The van der Waals surface area contributed by atoms with Crippen LogP contribution in [0.4, 0.5) is 4.79 Å². The van der Waals surface area contributed by atoms with Gasteiger partial charge in [0.05, 0.1) is 20.3 Å². The number of carbonyl (C=O) groups is 2. The Balaban J connectivity index is 4.77. The van der Waals surface area contributed by atoms with Gasteiger partial charge in [0, 0.05) is 0 Å². The molecular weight excluding hydrogens is 230 g/mol. The number of methoxy groups -OCH3 is 1. The van der Waals surface area contributed by atoms with Gasteiger partial charge in [-0.15, -0.1) is 0 Å². The summed E-state index contributed by atoms with van der Waals surface area (Å²) < 4.78 is 9.31. The number of carbonyl (C=O) groups excluding carboxylic acids is 2. The molecule has 0 aliphatic heterocycles. The van der Waals surface area contributed by atoms with Crippen molar-refractivity contribution in [3.63, 3.8) is 0 Å². The van der Waals surface area contributed by atoms with Gasteiger partial charge in [0.15, 0.2) is 5.54 Å². The van der Waals surface area contributed by atoms with E-state index in [2.05, 4.69) is 10.1 Å². The van der Waals surface area contributed by atoms with Crippen LogP contribution < -0.4 is 5.32 Å². The summed E-state index contributed by atoms with van der Waals surface area (Å²) in [4.78, 5) is 22.8. The fourth-order valence-corrected chi connectivity index (χ4v) is 1.00. The highest BCUT2D eigenvalue weighted by Gasteiger charge is 2.41. The first kappa shape index (κ1) is 15.7. The normalized spacial score (nSPS) is 11.9. The van der Waals surface area contributed by atoms with Crippen LogP contribution in [0.2, 0.25) is 0 Å². The largest absolute Gasteiger partial charge is 0.467 e. The van der Waals surface area contributed by atoms with Crippen molar-refractivity contribution in [1.82, 2.24) is 5.32 Å². The second-order valence-electron chi connectivity index (χ2n) is 4.52. The van der Waals surface area contributed by atoms with E-state index in [1.165, 1.54) is 0 Å². The SMILES string of the molecule is COC(=O)C(CO)(CO)NC(=O)OC(C)(C)C. The Morgan fingerprint density at radius 2 is 1.65 bits per heavy atom. The molecule has 7 nitrogen and oxygen atoms in total. The molecule has 100 valence electrons. The first-order chi connectivity index (χ1) is 7.70. The predicted octanol–water partition coefficient (Wildman–Crippen LogP) is -0.593. The molecule has 0 aromatic heterocycles. The number of nitrogens with one attached hydrogen (secondary N) is 1. The predicted molar refractivity (Wildman–Crippen MR) is 58.3 cm³/mol. The van der Waals surface area contributed by atoms with Crippen LogP contribution in [-0.2, 0) is 14.3 Å². The van der Waals surface area contributed by atoms with Gasteiger partial charge in [-0.1, -0.05) is 0 Å². The molecule has 0 unspecified atom stereocenters. The van der Waals surface area contributed by atoms with Crippen LogP contribution in [0.15, 0.2) is 0 Å². The molecule has 0 spiro atoms. The Morgan fingerprint density at radius 1 is 1.18 bits per heavy atom. The standard InChI is InChI=1S/C10H19NO6/c1-9(2,3)17-8(15)11-10(5-12,6-13)7(14)16-4/h12-13H,5-6H2,1-4H3,(H,11,15). The molecule has 0 aliphatic carbocycles. The lowest BCUT2D eigenvalue weighted by molar-refractivity contribution is -0.152. The third-order valence-corrected chi connectivity index (χ3v) is 1.86. The monoisotopic (exact) mass is 249 g/mol. The first-order valence-electron chi connectivity index (χ1n) is 5.02. The molecule has 0 rings (SSSR count). The molecule has 7 heteroatoms. The lowest BCUT2D eigenvalue weighted by Gasteiger charge is -2.29. The highest BCUT2D eigenvalue weighted by atomic mass is 16.6. The van der Waals surface area contributed by atoms with E-state index in [0.717, 1.165) is 7.11 Å². The second kappa shape index (κ2) is 5.83. The molecule has 0 aromatic carbocycles. The number of amides is 1. The fourth-order valence-electron chi connectivity index (χ4n) is 1.00. The van der Waals surface area contributed by atoms with Crippen molar-refractivity contribution in [2.24, 2.45) is 0 Å². The molecule has 0 heterocycles. The average Bonchev–Trinajstić information content (AvgIpc) is 2.22. The molecule has 0 fully saturated rings. The van der Waals surface area contributed by atoms with Gasteiger partial charge in [0.2, 0.25) is 0 Å². The molecule has 0 aliphatic rings. The molecule has 17 heavy (non-hydrogen) atoms. The topological polar surface area (TPSA) is 105 Å². The maximum absolute atomic E-state index is 11.4. The minimum absolute atomic E-state index is 0.753. The maximum atomic E-state index is 11.4. The van der Waals surface area contributed by atoms with Crippen LogP contribution in [0.5, 0.6) is 0 Å². The van der Waals surface area contributed by atoms with E-state index in [0.29, 0.717) is 0 Å². The van der Waals surface area contributed by atoms with Gasteiger partial charge in [0.25, 0.3) is 0 Å². The van der Waals surface area contributed by atoms with E-state index in [1.54, 1.807) is 20.8 Å². The summed E-state index contributed by atoms with van der Waals surface area (Å²) in [6.45, 7) is 3.34. The summed E-state index contributed by atoms with van der Waals surface area (Å²) in [7, 11) is 1.08. The Hall–Kier alpha value is -1.34. The van der Waals surface area contributed by atoms with E-state index in [-0.39, 0.29) is 0 Å². The lowest BCUT2D eigenvalue weighted by atomic mass is 10.0. The molecule has 0 atom stereocenters. The number of rotatable bonds is 4. The second-order valence-corrected chi connectivity index (χ2v) is 4.52. The van der Waals surface area contributed by atoms with E-state index >= 15 is 0 Å². The van der Waals surface area contributed by atoms with Crippen molar-refractivity contribution >= 4 is 12.1 Å². The smallest absolute Gasteiger partial charge is 0.408 e. The third kappa shape index (κ3) is 4.58. The van der Waals surface area contributed by atoms with Crippen molar-refractivity contribution in [2.45, 2.75) is 31.9 Å². The minimum atomic E-state index is -1.89. The average molecular weight is 249 g/mol. The summed E-state index contributed by atoms with van der Waals surface area (Å²) in [6, 6.07) is 0. The molecule has 0 saturated carbocycles. The van der Waals surface area contributed by atoms with Crippen molar-refractivity contribution in [3.05, 3.63) is 0 Å². The van der Waals surface area contributed by atoms with Crippen LogP contribution in [0, 0.1) is 0 Å². The van der Waals surface area contributed by atoms with Gasteiger partial charge in [-0.25, -0.2) is 9.59 Å². The zero-order chi connectivity index (χ0) is 13.7. The number of hydrogen-bond donors (Lipinski definition) is 3. The number of esters is 1. The summed E-state index contributed by atoms with van der Waals surface area (Å²) in [5.41, 5.74) is -2.64. The number of hydrogen-bond acceptors (Lipinski definition) is 6. The van der Waals surface area contributed by atoms with Crippen LogP contribution >= 0.6 is 0 Å². The van der Waals surface area contributed by atoms with Gasteiger partial charge in [-0.05, 0) is 20.8 Å². The molecule has 0 bridgehead atoms. The van der Waals surface area contributed by atoms with E-state index in [1.807, 2.05) is 0 Å². The van der Waals surface area contributed by atoms with E-state index < -0.39 is 36.4 Å². The third-order valence-electron chi connectivity index (χ3n) is 1.86. The zero-order valence-electron chi connectivity index (χ0n) is 10.4. The Bertz CT molecular complexity index is 279. The fraction of sp³-hybridized carbons (Fsp3) is 0.800. The van der Waals surface area contributed by atoms with Crippen LogP contribution in [0.25, 0.3) is 0 Å². The highest BCUT2D eigenvalue weighted by Crippen LogP contribution is 2.10. The number of aliphatic hydroxyl groups is 2. The number of alkyl carbamates (subject to hydrolysis) is 1. The molecule has 1 amide bonds. The van der Waals surface area contributed by atoms with E-state index in [9.17, 15) is 9.59 Å². The maximum Gasteiger partial charge on any atom is 0.408 e. The molecule has 0 radical (unpaired) electrons. The molecule has 0 saturated heterocycles. The van der Waals surface area contributed by atoms with Crippen molar-refractivity contribution < 1.29 is 29.3 Å². The Kier molecular flexibility index (Phi) is 5.37. The lowest BCUT2D eigenvalue weighted by Crippen LogP contribution is -2.61. The molecular formula is C10H19NO6. The molecule has 0 aromatic rings. The Morgan fingerprint density at radius 3 is 1.94 bits per heavy atom. The number of aliphatic hydroxyl groups excluding tert-OH is 2. The molecule has 3 N–H and O–H groups in total.